The van der Waals surface area contributed by atoms with Crippen LogP contribution in [0.4, 0.5) is 5.69 Å². The number of halogens is 4. The van der Waals surface area contributed by atoms with E-state index in [1.54, 1.807) is 24.3 Å². The van der Waals surface area contributed by atoms with Crippen LogP contribution in [0.15, 0.2) is 59.8 Å². The highest BCUT2D eigenvalue weighted by Crippen LogP contribution is 2.43. The Morgan fingerprint density at radius 2 is 1.61 bits per heavy atom. The van der Waals surface area contributed by atoms with Gasteiger partial charge in [0.05, 0.1) is 27.6 Å². The lowest BCUT2D eigenvalue weighted by Gasteiger charge is -2.30. The first-order chi connectivity index (χ1) is 21.9. The number of rotatable bonds is 9. The van der Waals surface area contributed by atoms with E-state index in [0.717, 1.165) is 19.3 Å². The number of hydrogen-bond donors (Lipinski definition) is 2. The van der Waals surface area contributed by atoms with E-state index in [9.17, 15) is 22.8 Å². The molecular weight excluding hydrogens is 698 g/mol. The van der Waals surface area contributed by atoms with E-state index in [4.69, 9.17) is 51.1 Å². The fourth-order valence-electron chi connectivity index (χ4n) is 6.20. The van der Waals surface area contributed by atoms with Gasteiger partial charge in [-0.25, -0.2) is 13.2 Å². The predicted molar refractivity (Wildman–Crippen MR) is 176 cm³/mol. The molecule has 4 atom stereocenters. The standard InChI is InChI=1S/C31H30Cl4N4O6S/c1-45-31(42)26(10-17-6-8-21(9-7-17)37-29(40)27-24(34)14-36-15-25(27)35)38-30(41)28-23-5-3-2-4-18(23)16-39(28)46(43,44)22-12-19(32)11-20(33)13-22/h6-9,11-15,18,23,26,28H,2-5,10,16H2,1H3,(H,37,40)(H,38,41)/t18?,23?,26-,28?/m0/s1. The number of nitrogens with zero attached hydrogens (tertiary/aromatic N) is 2. The molecule has 1 saturated carbocycles. The number of pyridine rings is 1. The maximum Gasteiger partial charge on any atom is 0.328 e. The van der Waals surface area contributed by atoms with Crippen LogP contribution in [0.1, 0.15) is 41.6 Å². The van der Waals surface area contributed by atoms with Crippen LogP contribution in [0.5, 0.6) is 0 Å². The summed E-state index contributed by atoms with van der Waals surface area (Å²) >= 11 is 24.4. The molecule has 2 N–H and O–H groups in total. The summed E-state index contributed by atoms with van der Waals surface area (Å²) in [6.07, 6.45) is 5.95. The maximum absolute atomic E-state index is 14.0. The van der Waals surface area contributed by atoms with E-state index in [-0.39, 0.29) is 55.4 Å². The average Bonchev–Trinajstić information content (AvgIpc) is 3.41. The van der Waals surface area contributed by atoms with Crippen LogP contribution in [0.2, 0.25) is 20.1 Å². The smallest absolute Gasteiger partial charge is 0.328 e. The van der Waals surface area contributed by atoms with Crippen LogP contribution in [-0.2, 0) is 30.8 Å². The van der Waals surface area contributed by atoms with Crippen molar-refractivity contribution in [1.82, 2.24) is 14.6 Å². The molecule has 2 fully saturated rings. The van der Waals surface area contributed by atoms with E-state index in [2.05, 4.69) is 15.6 Å². The minimum Gasteiger partial charge on any atom is -0.467 e. The Kier molecular flexibility index (Phi) is 10.8. The van der Waals surface area contributed by atoms with Crippen molar-refractivity contribution in [2.45, 2.75) is 49.1 Å². The Morgan fingerprint density at radius 3 is 2.24 bits per heavy atom. The van der Waals surface area contributed by atoms with E-state index in [1.165, 1.54) is 42.0 Å². The normalized spacial score (nSPS) is 20.4. The van der Waals surface area contributed by atoms with Gasteiger partial charge in [0, 0.05) is 41.1 Å². The number of nitrogens with one attached hydrogen (secondary N) is 2. The molecule has 1 aromatic heterocycles. The van der Waals surface area contributed by atoms with Crippen LogP contribution in [0.25, 0.3) is 0 Å². The third kappa shape index (κ3) is 7.45. The maximum atomic E-state index is 14.0. The van der Waals surface area contributed by atoms with Crippen LogP contribution in [0.3, 0.4) is 0 Å². The molecule has 10 nitrogen and oxygen atoms in total. The fraction of sp³-hybridized carbons (Fsp3) is 0.355. The highest BCUT2D eigenvalue weighted by molar-refractivity contribution is 7.89. The summed E-state index contributed by atoms with van der Waals surface area (Å²) in [5.74, 6) is -2.03. The van der Waals surface area contributed by atoms with Gasteiger partial charge < -0.3 is 15.4 Å². The minimum atomic E-state index is -4.16. The topological polar surface area (TPSA) is 135 Å². The van der Waals surface area contributed by atoms with Crippen molar-refractivity contribution in [2.24, 2.45) is 11.8 Å². The zero-order valence-electron chi connectivity index (χ0n) is 24.5. The van der Waals surface area contributed by atoms with Gasteiger partial charge in [-0.15, -0.1) is 0 Å². The van der Waals surface area contributed by atoms with Gasteiger partial charge in [0.2, 0.25) is 15.9 Å². The molecule has 5 rings (SSSR count). The summed E-state index contributed by atoms with van der Waals surface area (Å²) in [6, 6.07) is 8.52. The second kappa shape index (κ2) is 14.5. The lowest BCUT2D eigenvalue weighted by molar-refractivity contribution is -0.145. The number of ether oxygens (including phenoxy) is 1. The molecule has 1 saturated heterocycles. The zero-order valence-corrected chi connectivity index (χ0v) is 28.4. The number of carbonyl (C=O) groups excluding carboxylic acids is 3. The molecule has 1 aliphatic carbocycles. The Hall–Kier alpha value is -2.93. The number of sulfonamides is 1. The first kappa shape index (κ1) is 34.4. The number of methoxy groups -OCH3 is 1. The summed E-state index contributed by atoms with van der Waals surface area (Å²) in [7, 11) is -2.95. The molecular formula is C31H30Cl4N4O6S. The van der Waals surface area contributed by atoms with Crippen LogP contribution >= 0.6 is 46.4 Å². The molecule has 2 aliphatic rings. The highest BCUT2D eigenvalue weighted by Gasteiger charge is 2.51. The number of benzene rings is 2. The van der Waals surface area contributed by atoms with Crippen molar-refractivity contribution in [1.29, 1.82) is 0 Å². The first-order valence-corrected chi connectivity index (χ1v) is 17.4. The number of amides is 2. The van der Waals surface area contributed by atoms with Crippen molar-refractivity contribution < 1.29 is 27.5 Å². The van der Waals surface area contributed by atoms with E-state index in [1.807, 2.05) is 0 Å². The van der Waals surface area contributed by atoms with Gasteiger partial charge >= 0.3 is 5.97 Å². The Labute approximate surface area is 286 Å². The number of hydrogen-bond acceptors (Lipinski definition) is 7. The average molecular weight is 728 g/mol. The quantitative estimate of drug-likeness (QED) is 0.257. The molecule has 1 aliphatic heterocycles. The number of esters is 1. The monoisotopic (exact) mass is 726 g/mol. The molecule has 2 aromatic carbocycles. The molecule has 2 heterocycles. The summed E-state index contributed by atoms with van der Waals surface area (Å²) in [6.45, 7) is 0.168. The number of aromatic nitrogens is 1. The second-order valence-electron chi connectivity index (χ2n) is 11.3. The molecule has 0 radical (unpaired) electrons. The van der Waals surface area contributed by atoms with Gasteiger partial charge in [-0.3, -0.25) is 14.6 Å². The molecule has 15 heteroatoms. The third-order valence-corrected chi connectivity index (χ3v) is 11.2. The van der Waals surface area contributed by atoms with Crippen LogP contribution in [-0.4, -0.2) is 61.2 Å². The molecule has 244 valence electrons. The first-order valence-electron chi connectivity index (χ1n) is 14.4. The van der Waals surface area contributed by atoms with Crippen LogP contribution in [0, 0.1) is 11.8 Å². The summed E-state index contributed by atoms with van der Waals surface area (Å²) < 4.78 is 34.0. The molecule has 2 amide bonds. The largest absolute Gasteiger partial charge is 0.467 e. The van der Waals surface area contributed by atoms with Gasteiger partial charge in [-0.2, -0.15) is 4.31 Å². The molecule has 3 aromatic rings. The van der Waals surface area contributed by atoms with Gasteiger partial charge in [-0.1, -0.05) is 71.4 Å². The van der Waals surface area contributed by atoms with E-state index >= 15 is 0 Å². The van der Waals surface area contributed by atoms with Crippen LogP contribution < -0.4 is 10.6 Å². The van der Waals surface area contributed by atoms with Crippen molar-refractivity contribution >= 4 is 79.9 Å². The van der Waals surface area contributed by atoms with Crippen molar-refractivity contribution in [3.8, 4) is 0 Å². The van der Waals surface area contributed by atoms with Crippen molar-refractivity contribution in [2.75, 3.05) is 19.0 Å². The number of carbonyl (C=O) groups is 3. The Balaban J connectivity index is 1.35. The SMILES string of the molecule is COC(=O)[C@H](Cc1ccc(NC(=O)c2c(Cl)cncc2Cl)cc1)NC(=O)C1C2CCCCC2CN1S(=O)(=O)c1cc(Cl)cc(Cl)c1. The van der Waals surface area contributed by atoms with Crippen molar-refractivity contribution in [3.63, 3.8) is 0 Å². The second-order valence-corrected chi connectivity index (χ2v) is 14.8. The Bertz CT molecular complexity index is 1720. The lowest BCUT2D eigenvalue weighted by Crippen LogP contribution is -2.53. The third-order valence-electron chi connectivity index (χ3n) is 8.34. The Morgan fingerprint density at radius 1 is 0.978 bits per heavy atom. The molecule has 46 heavy (non-hydrogen) atoms. The number of fused-ring (bicyclic) bond motifs is 1. The summed E-state index contributed by atoms with van der Waals surface area (Å²) in [5.41, 5.74) is 1.17. The minimum absolute atomic E-state index is 0.00910. The molecule has 0 spiro atoms. The zero-order chi connectivity index (χ0) is 33.2. The van der Waals surface area contributed by atoms with Gasteiger partial charge in [-0.05, 0) is 60.6 Å². The predicted octanol–water partition coefficient (Wildman–Crippen LogP) is 6.03. The van der Waals surface area contributed by atoms with E-state index < -0.39 is 39.9 Å². The van der Waals surface area contributed by atoms with Gasteiger partial charge in [0.25, 0.3) is 5.91 Å². The lowest BCUT2D eigenvalue weighted by atomic mass is 9.78. The number of anilines is 1. The van der Waals surface area contributed by atoms with Crippen molar-refractivity contribution in [3.05, 3.63) is 86.1 Å². The van der Waals surface area contributed by atoms with Gasteiger partial charge in [0.15, 0.2) is 0 Å². The van der Waals surface area contributed by atoms with Gasteiger partial charge in [0.1, 0.15) is 12.1 Å². The fourth-order valence-corrected chi connectivity index (χ4v) is 9.15. The molecule has 0 bridgehead atoms. The molecule has 3 unspecified atom stereocenters. The summed E-state index contributed by atoms with van der Waals surface area (Å²) in [5, 5.41) is 6.00. The van der Waals surface area contributed by atoms with E-state index in [0.29, 0.717) is 17.7 Å². The summed E-state index contributed by atoms with van der Waals surface area (Å²) in [4.78, 5) is 43.3. The highest BCUT2D eigenvalue weighted by atomic mass is 35.5.